The highest BCUT2D eigenvalue weighted by molar-refractivity contribution is 5.95. The largest absolute Gasteiger partial charge is 0.493 e. The average Bonchev–Trinajstić information content (AvgIpc) is 3.28. The Morgan fingerprint density at radius 1 is 1.00 bits per heavy atom. The molecule has 0 fully saturated rings. The summed E-state index contributed by atoms with van der Waals surface area (Å²) in [5.74, 6) is -0.256. The quantitative estimate of drug-likeness (QED) is 0.260. The number of carbonyl (C=O) groups is 2. The van der Waals surface area contributed by atoms with Crippen LogP contribution in [-0.4, -0.2) is 33.7 Å². The number of carbonyl (C=O) groups excluding carboxylic acids is 1. The maximum absolute atomic E-state index is 14.8. The lowest BCUT2D eigenvalue weighted by Crippen LogP contribution is -2.23. The number of amides is 1. The molecule has 1 N–H and O–H groups in total. The van der Waals surface area contributed by atoms with Gasteiger partial charge in [0.25, 0.3) is 5.91 Å². The molecular weight excluding hydrogens is 475 g/mol. The summed E-state index contributed by atoms with van der Waals surface area (Å²) in [6.45, 7) is 1.87. The first-order valence-electron chi connectivity index (χ1n) is 11.9. The standard InChI is InChI=1S/C29H27FN2O5/c1-20-26(31-28(37-20)23-10-6-3-7-11-23)16-17-36-24-14-12-22(13-15-27(33)34)25(18-24)29(35)32(30)19-21-8-4-2-5-9-21/h2-12,14,18H,13,15-17,19H2,1H3,(H,33,34). The van der Waals surface area contributed by atoms with Crippen LogP contribution in [0.25, 0.3) is 11.5 Å². The van der Waals surface area contributed by atoms with Gasteiger partial charge in [0.1, 0.15) is 11.5 Å². The zero-order chi connectivity index (χ0) is 26.2. The number of ether oxygens (including phenoxy) is 1. The highest BCUT2D eigenvalue weighted by Gasteiger charge is 2.21. The minimum absolute atomic E-state index is 0.0705. The number of carboxylic acid groups (broad SMARTS) is 1. The minimum Gasteiger partial charge on any atom is -0.493 e. The fourth-order valence-corrected chi connectivity index (χ4v) is 3.88. The highest BCUT2D eigenvalue weighted by Crippen LogP contribution is 2.24. The topological polar surface area (TPSA) is 92.9 Å². The summed E-state index contributed by atoms with van der Waals surface area (Å²) in [6.07, 6.45) is 0.381. The monoisotopic (exact) mass is 502 g/mol. The van der Waals surface area contributed by atoms with Crippen LogP contribution in [0.15, 0.2) is 83.3 Å². The highest BCUT2D eigenvalue weighted by atomic mass is 19.2. The van der Waals surface area contributed by atoms with E-state index in [9.17, 15) is 14.1 Å². The smallest absolute Gasteiger partial charge is 0.303 e. The molecule has 0 aliphatic carbocycles. The second-order valence-electron chi connectivity index (χ2n) is 8.51. The number of rotatable bonds is 11. The first-order chi connectivity index (χ1) is 17.9. The van der Waals surface area contributed by atoms with Crippen LogP contribution in [0.5, 0.6) is 5.75 Å². The lowest BCUT2D eigenvalue weighted by atomic mass is 10.0. The van der Waals surface area contributed by atoms with Crippen molar-refractivity contribution in [3.05, 3.63) is 107 Å². The summed E-state index contributed by atoms with van der Waals surface area (Å²) in [6, 6.07) is 23.1. The Morgan fingerprint density at radius 3 is 2.41 bits per heavy atom. The molecule has 37 heavy (non-hydrogen) atoms. The van der Waals surface area contributed by atoms with Crippen LogP contribution in [0.1, 0.15) is 39.4 Å². The van der Waals surface area contributed by atoms with Crippen molar-refractivity contribution in [2.24, 2.45) is 0 Å². The zero-order valence-electron chi connectivity index (χ0n) is 20.4. The molecule has 0 bridgehead atoms. The molecule has 0 aliphatic rings. The van der Waals surface area contributed by atoms with E-state index in [1.54, 1.807) is 36.4 Å². The molecule has 1 heterocycles. The SMILES string of the molecule is Cc1oc(-c2ccccc2)nc1CCOc1ccc(CCC(=O)O)c(C(=O)N(F)Cc2ccccc2)c1. The fraction of sp³-hybridized carbons (Fsp3) is 0.207. The third-order valence-electron chi connectivity index (χ3n) is 5.83. The van der Waals surface area contributed by atoms with Gasteiger partial charge in [0.15, 0.2) is 0 Å². The molecule has 0 radical (unpaired) electrons. The van der Waals surface area contributed by atoms with E-state index in [-0.39, 0.29) is 36.7 Å². The lowest BCUT2D eigenvalue weighted by molar-refractivity contribution is -0.136. The number of benzene rings is 3. The number of aliphatic carboxylic acids is 1. The Hall–Kier alpha value is -4.46. The van der Waals surface area contributed by atoms with Crippen LogP contribution < -0.4 is 4.74 Å². The van der Waals surface area contributed by atoms with Crippen LogP contribution in [0.2, 0.25) is 0 Å². The maximum Gasteiger partial charge on any atom is 0.303 e. The Balaban J connectivity index is 1.46. The predicted octanol–water partition coefficient (Wildman–Crippen LogP) is 5.82. The van der Waals surface area contributed by atoms with Crippen LogP contribution in [0.4, 0.5) is 4.48 Å². The van der Waals surface area contributed by atoms with Crippen molar-refractivity contribution >= 4 is 11.9 Å². The average molecular weight is 503 g/mol. The number of hydrogen-bond acceptors (Lipinski definition) is 5. The number of hydrogen-bond donors (Lipinski definition) is 1. The first-order valence-corrected chi connectivity index (χ1v) is 11.9. The summed E-state index contributed by atoms with van der Waals surface area (Å²) in [4.78, 5) is 28.6. The Bertz CT molecular complexity index is 1360. The van der Waals surface area contributed by atoms with E-state index < -0.39 is 11.9 Å². The number of aryl methyl sites for hydroxylation is 2. The van der Waals surface area contributed by atoms with E-state index in [1.807, 2.05) is 43.3 Å². The number of nitrogens with zero attached hydrogens (tertiary/aromatic N) is 2. The third kappa shape index (κ3) is 6.82. The van der Waals surface area contributed by atoms with E-state index in [0.29, 0.717) is 34.9 Å². The predicted molar refractivity (Wildman–Crippen MR) is 136 cm³/mol. The third-order valence-corrected chi connectivity index (χ3v) is 5.83. The molecule has 1 aromatic heterocycles. The number of oxazole rings is 1. The van der Waals surface area contributed by atoms with Crippen molar-refractivity contribution in [1.82, 2.24) is 10.1 Å². The van der Waals surface area contributed by atoms with E-state index in [4.69, 9.17) is 14.3 Å². The molecule has 8 heteroatoms. The first kappa shape index (κ1) is 25.6. The van der Waals surface area contributed by atoms with Gasteiger partial charge in [-0.25, -0.2) is 4.98 Å². The summed E-state index contributed by atoms with van der Waals surface area (Å²) in [7, 11) is 0. The van der Waals surface area contributed by atoms with Gasteiger partial charge in [-0.05, 0) is 48.7 Å². The van der Waals surface area contributed by atoms with Crippen molar-refractivity contribution in [2.75, 3.05) is 6.61 Å². The van der Waals surface area contributed by atoms with Crippen LogP contribution in [-0.2, 0) is 24.2 Å². The molecular formula is C29H27FN2O5. The molecule has 4 aromatic rings. The van der Waals surface area contributed by atoms with Crippen LogP contribution >= 0.6 is 0 Å². The van der Waals surface area contributed by atoms with Gasteiger partial charge >= 0.3 is 5.97 Å². The van der Waals surface area contributed by atoms with Crippen molar-refractivity contribution in [1.29, 1.82) is 0 Å². The molecule has 0 spiro atoms. The van der Waals surface area contributed by atoms with Gasteiger partial charge in [0.2, 0.25) is 5.89 Å². The number of halogens is 1. The second kappa shape index (κ2) is 12.0. The van der Waals surface area contributed by atoms with E-state index >= 15 is 0 Å². The molecule has 7 nitrogen and oxygen atoms in total. The number of aromatic nitrogens is 1. The normalized spacial score (nSPS) is 10.8. The summed E-state index contributed by atoms with van der Waals surface area (Å²) < 4.78 is 26.5. The van der Waals surface area contributed by atoms with Crippen LogP contribution in [0.3, 0.4) is 0 Å². The molecule has 3 aromatic carbocycles. The molecule has 0 atom stereocenters. The minimum atomic E-state index is -1.00. The van der Waals surface area contributed by atoms with Crippen LogP contribution in [0, 0.1) is 6.92 Å². The molecule has 0 aliphatic heterocycles. The molecule has 0 saturated carbocycles. The van der Waals surface area contributed by atoms with Crippen molar-refractivity contribution in [2.45, 2.75) is 32.7 Å². The van der Waals surface area contributed by atoms with Gasteiger partial charge in [-0.2, -0.15) is 5.12 Å². The van der Waals surface area contributed by atoms with Crippen molar-refractivity contribution < 1.29 is 28.3 Å². The van der Waals surface area contributed by atoms with Gasteiger partial charge in [-0.1, -0.05) is 59.1 Å². The summed E-state index contributed by atoms with van der Waals surface area (Å²) in [5, 5.41) is 9.20. The Kier molecular flexibility index (Phi) is 8.30. The fourth-order valence-electron chi connectivity index (χ4n) is 3.88. The summed E-state index contributed by atoms with van der Waals surface area (Å²) in [5.41, 5.74) is 2.78. The van der Waals surface area contributed by atoms with Gasteiger partial charge in [-0.15, -0.1) is 0 Å². The van der Waals surface area contributed by atoms with E-state index in [2.05, 4.69) is 4.98 Å². The van der Waals surface area contributed by atoms with Gasteiger partial charge in [0, 0.05) is 24.0 Å². The Labute approximate surface area is 214 Å². The van der Waals surface area contributed by atoms with Gasteiger partial charge in [0.05, 0.1) is 18.8 Å². The van der Waals surface area contributed by atoms with E-state index in [1.165, 1.54) is 6.07 Å². The van der Waals surface area contributed by atoms with Crippen molar-refractivity contribution in [3.8, 4) is 17.2 Å². The van der Waals surface area contributed by atoms with Crippen molar-refractivity contribution in [3.63, 3.8) is 0 Å². The molecule has 0 unspecified atom stereocenters. The van der Waals surface area contributed by atoms with Gasteiger partial charge in [-0.3, -0.25) is 9.59 Å². The molecule has 1 amide bonds. The zero-order valence-corrected chi connectivity index (χ0v) is 20.4. The Morgan fingerprint density at radius 2 is 1.70 bits per heavy atom. The molecule has 0 saturated heterocycles. The molecule has 190 valence electrons. The number of carboxylic acids is 1. The van der Waals surface area contributed by atoms with Gasteiger partial charge < -0.3 is 14.3 Å². The maximum atomic E-state index is 14.8. The second-order valence-corrected chi connectivity index (χ2v) is 8.51. The lowest BCUT2D eigenvalue weighted by Gasteiger charge is -2.16. The van der Waals surface area contributed by atoms with E-state index in [0.717, 1.165) is 11.3 Å². The molecule has 4 rings (SSSR count). The summed E-state index contributed by atoms with van der Waals surface area (Å²) >= 11 is 0.